The topological polar surface area (TPSA) is 209 Å². The van der Waals surface area contributed by atoms with E-state index in [0.717, 1.165) is 0 Å². The van der Waals surface area contributed by atoms with Crippen LogP contribution in [0.5, 0.6) is 5.75 Å². The van der Waals surface area contributed by atoms with Crippen LogP contribution in [0.3, 0.4) is 0 Å². The summed E-state index contributed by atoms with van der Waals surface area (Å²) in [6.45, 7) is 3.61. The summed E-state index contributed by atoms with van der Waals surface area (Å²) in [5, 5.41) is 40.3. The number of ether oxygens (including phenoxy) is 3. The molecule has 3 fully saturated rings. The molecule has 1 aliphatic carbocycles. The zero-order chi connectivity index (χ0) is 29.7. The number of fused-ring (bicyclic) bond motifs is 3. The van der Waals surface area contributed by atoms with Crippen LogP contribution in [-0.4, -0.2) is 97.7 Å². The highest BCUT2D eigenvalue weighted by Crippen LogP contribution is 2.44. The van der Waals surface area contributed by atoms with Crippen LogP contribution in [0, 0.1) is 5.92 Å². The third-order valence-corrected chi connectivity index (χ3v) is 8.54. The van der Waals surface area contributed by atoms with Gasteiger partial charge in [-0.25, -0.2) is 4.57 Å². The lowest BCUT2D eigenvalue weighted by atomic mass is 9.74. The third kappa shape index (κ3) is 5.87. The molecule has 3 aliphatic rings. The molecule has 2 saturated heterocycles. The van der Waals surface area contributed by atoms with E-state index in [1.807, 2.05) is 6.92 Å². The third-order valence-electron chi connectivity index (χ3n) is 8.10. The van der Waals surface area contributed by atoms with Gasteiger partial charge in [0.15, 0.2) is 0 Å². The molecule has 1 saturated carbocycles. The van der Waals surface area contributed by atoms with E-state index in [-0.39, 0.29) is 18.6 Å². The molecule has 0 bridgehead atoms. The Labute approximate surface area is 236 Å². The van der Waals surface area contributed by atoms with Gasteiger partial charge in [-0.2, -0.15) is 0 Å². The number of pyridine rings is 1. The maximum atomic E-state index is 13.2. The highest BCUT2D eigenvalue weighted by molar-refractivity contribution is 7.46. The van der Waals surface area contributed by atoms with E-state index in [4.69, 9.17) is 18.7 Å². The lowest BCUT2D eigenvalue weighted by Crippen LogP contribution is -2.77. The lowest BCUT2D eigenvalue weighted by molar-refractivity contribution is -0.450. The monoisotopic (exact) mass is 597 g/mol. The molecule has 7 N–H and O–H groups in total. The number of benzene rings is 1. The van der Waals surface area contributed by atoms with Gasteiger partial charge < -0.3 is 44.7 Å². The van der Waals surface area contributed by atoms with Crippen LogP contribution in [0.2, 0.25) is 0 Å². The number of likely N-dealkylation sites (N-methyl/N-ethyl adjacent to an activating group) is 1. The zero-order valence-electron chi connectivity index (χ0n) is 22.8. The zero-order valence-corrected chi connectivity index (χ0v) is 23.7. The highest BCUT2D eigenvalue weighted by atomic mass is 31.2. The number of carbonyl (C=O) groups excluding carboxylic acids is 1. The van der Waals surface area contributed by atoms with Crippen LogP contribution < -0.4 is 15.2 Å². The lowest BCUT2D eigenvalue weighted by Gasteiger charge is -2.58. The standard InChI is InChI=1S/C26H36N3O11P/c1-4-15-21(31)20(27-3)23-24(22(15)32)38-25-26(33,39-23)18(8-12(2)37-25)29-19(30)10-14-9-16-13(11-28-14)6-5-7-17(16)40-41(34,35)36/h5-7,9,11-12,15,18,20-25,27,31-33H,4,8,10H2,1-3H3,(H,29,30)(H2,34,35,36)/t12-,15-,18-,20+,21+,22+,23-,24-,25+,26+/m1/s1. The Balaban J connectivity index is 1.36. The molecule has 14 nitrogen and oxygen atoms in total. The van der Waals surface area contributed by atoms with Crippen molar-refractivity contribution < 1.29 is 53.2 Å². The van der Waals surface area contributed by atoms with Crippen molar-refractivity contribution in [2.24, 2.45) is 5.92 Å². The van der Waals surface area contributed by atoms with E-state index in [9.17, 15) is 34.5 Å². The molecule has 2 aliphatic heterocycles. The first-order chi connectivity index (χ1) is 19.3. The molecule has 5 rings (SSSR count). The highest BCUT2D eigenvalue weighted by Gasteiger charge is 2.63. The molecule has 0 radical (unpaired) electrons. The van der Waals surface area contributed by atoms with Gasteiger partial charge in [-0.05, 0) is 38.9 Å². The smallest absolute Gasteiger partial charge is 0.404 e. The molecule has 41 heavy (non-hydrogen) atoms. The van der Waals surface area contributed by atoms with Gasteiger partial charge in [0.2, 0.25) is 18.0 Å². The van der Waals surface area contributed by atoms with Crippen molar-refractivity contribution in [3.05, 3.63) is 36.2 Å². The van der Waals surface area contributed by atoms with Crippen molar-refractivity contribution in [3.8, 4) is 5.75 Å². The molecule has 1 aromatic heterocycles. The molecule has 1 amide bonds. The van der Waals surface area contributed by atoms with Gasteiger partial charge in [0.1, 0.15) is 18.0 Å². The summed E-state index contributed by atoms with van der Waals surface area (Å²) in [5.41, 5.74) is 0.292. The van der Waals surface area contributed by atoms with Gasteiger partial charge in [0.25, 0.3) is 0 Å². The van der Waals surface area contributed by atoms with Crippen LogP contribution in [0.1, 0.15) is 32.4 Å². The number of hydrogen-bond acceptors (Lipinski definition) is 11. The maximum Gasteiger partial charge on any atom is 0.524 e. The van der Waals surface area contributed by atoms with Gasteiger partial charge in [-0.15, -0.1) is 0 Å². The number of aromatic nitrogens is 1. The number of aliphatic hydroxyl groups is 3. The number of aliphatic hydroxyl groups excluding tert-OH is 2. The predicted octanol–water partition coefficient (Wildman–Crippen LogP) is -0.309. The number of nitrogens with zero attached hydrogens (tertiary/aromatic N) is 1. The predicted molar refractivity (Wildman–Crippen MR) is 142 cm³/mol. The Kier molecular flexibility index (Phi) is 8.45. The molecule has 0 unspecified atom stereocenters. The van der Waals surface area contributed by atoms with Gasteiger partial charge in [0.05, 0.1) is 42.5 Å². The Morgan fingerprint density at radius 2 is 1.98 bits per heavy atom. The minimum absolute atomic E-state index is 0.0566. The van der Waals surface area contributed by atoms with Crippen LogP contribution in [0.15, 0.2) is 30.5 Å². The molecule has 10 atom stereocenters. The number of rotatable bonds is 7. The fourth-order valence-electron chi connectivity index (χ4n) is 6.14. The molecule has 226 valence electrons. The summed E-state index contributed by atoms with van der Waals surface area (Å²) in [7, 11) is -3.18. The first kappa shape index (κ1) is 30.2. The fourth-order valence-corrected chi connectivity index (χ4v) is 6.55. The minimum Gasteiger partial charge on any atom is -0.404 e. The van der Waals surface area contributed by atoms with Gasteiger partial charge in [-0.3, -0.25) is 19.6 Å². The average molecular weight is 598 g/mol. The Hall–Kier alpha value is -2.23. The summed E-state index contributed by atoms with van der Waals surface area (Å²) in [4.78, 5) is 36.0. The van der Waals surface area contributed by atoms with Crippen LogP contribution in [0.4, 0.5) is 0 Å². The van der Waals surface area contributed by atoms with E-state index >= 15 is 0 Å². The van der Waals surface area contributed by atoms with E-state index in [1.54, 1.807) is 26.1 Å². The molecule has 1 aromatic carbocycles. The first-order valence-corrected chi connectivity index (χ1v) is 15.0. The quantitative estimate of drug-likeness (QED) is 0.205. The van der Waals surface area contributed by atoms with E-state index in [1.165, 1.54) is 18.3 Å². The average Bonchev–Trinajstić information content (AvgIpc) is 2.89. The number of amides is 1. The molecule has 2 aromatic rings. The number of phosphoric acid groups is 1. The van der Waals surface area contributed by atoms with Crippen LogP contribution in [0.25, 0.3) is 10.8 Å². The molecule has 15 heteroatoms. The minimum atomic E-state index is -4.82. The second-order valence-electron chi connectivity index (χ2n) is 10.8. The van der Waals surface area contributed by atoms with Crippen molar-refractivity contribution in [1.29, 1.82) is 0 Å². The van der Waals surface area contributed by atoms with Gasteiger partial charge in [-0.1, -0.05) is 19.1 Å². The van der Waals surface area contributed by atoms with Crippen LogP contribution >= 0.6 is 7.82 Å². The number of nitrogens with one attached hydrogen (secondary N) is 2. The summed E-state index contributed by atoms with van der Waals surface area (Å²) < 4.78 is 34.3. The maximum absolute atomic E-state index is 13.2. The summed E-state index contributed by atoms with van der Waals surface area (Å²) >= 11 is 0. The second-order valence-corrected chi connectivity index (χ2v) is 12.0. The van der Waals surface area contributed by atoms with Gasteiger partial charge >= 0.3 is 7.82 Å². The normalized spacial score (nSPS) is 37.2. The first-order valence-electron chi connectivity index (χ1n) is 13.5. The summed E-state index contributed by atoms with van der Waals surface area (Å²) in [6.07, 6.45) is -3.72. The van der Waals surface area contributed by atoms with E-state index < -0.39 is 74.3 Å². The van der Waals surface area contributed by atoms with Crippen molar-refractivity contribution in [2.45, 2.75) is 87.8 Å². The number of carbonyl (C=O) groups is 1. The summed E-state index contributed by atoms with van der Waals surface area (Å²) in [6, 6.07) is 4.51. The number of phosphoric ester groups is 1. The Morgan fingerprint density at radius 3 is 2.66 bits per heavy atom. The summed E-state index contributed by atoms with van der Waals surface area (Å²) in [5.74, 6) is -3.18. The Morgan fingerprint density at radius 1 is 1.22 bits per heavy atom. The Bertz CT molecular complexity index is 1330. The molecule has 3 heterocycles. The molecule has 0 spiro atoms. The molecular formula is C26H36N3O11P. The van der Waals surface area contributed by atoms with Crippen LogP contribution in [-0.2, 0) is 30.0 Å². The van der Waals surface area contributed by atoms with Crippen molar-refractivity contribution in [3.63, 3.8) is 0 Å². The largest absolute Gasteiger partial charge is 0.524 e. The van der Waals surface area contributed by atoms with E-state index in [2.05, 4.69) is 15.6 Å². The van der Waals surface area contributed by atoms with E-state index in [0.29, 0.717) is 22.9 Å². The number of hydrogen-bond donors (Lipinski definition) is 7. The molecular weight excluding hydrogens is 561 g/mol. The van der Waals surface area contributed by atoms with Crippen molar-refractivity contribution in [2.75, 3.05) is 7.05 Å². The second kappa shape index (κ2) is 11.5. The fraction of sp³-hybridized carbons (Fsp3) is 0.615. The van der Waals surface area contributed by atoms with Crippen molar-refractivity contribution in [1.82, 2.24) is 15.6 Å². The van der Waals surface area contributed by atoms with Gasteiger partial charge in [0, 0.05) is 22.9 Å². The SMILES string of the molecule is CC[C@@H]1[C@H](O)[C@H](NC)[C@H]2O[C@]3(O)[C@H](O[C@@H]2[C@H]1O)O[C@H](C)C[C@H]3NC(=O)Cc1cc2c(OP(=O)(O)O)cccc2cn1. The van der Waals surface area contributed by atoms with Crippen molar-refractivity contribution >= 4 is 24.5 Å².